The molecule has 0 radical (unpaired) electrons. The third kappa shape index (κ3) is 8.59. The van der Waals surface area contributed by atoms with Crippen LogP contribution >= 0.6 is 0 Å². The van der Waals surface area contributed by atoms with Gasteiger partial charge in [0.25, 0.3) is 0 Å². The van der Waals surface area contributed by atoms with E-state index in [-0.39, 0.29) is 42.7 Å². The Morgan fingerprint density at radius 1 is 1.00 bits per heavy atom. The average molecular weight is 554 g/mol. The zero-order valence-corrected chi connectivity index (χ0v) is 23.6. The number of aliphatic hydroxyl groups excluding tert-OH is 2. The number of unbranched alkanes of at least 4 members (excludes halogenated alkanes) is 2. The fourth-order valence-electron chi connectivity index (χ4n) is 5.36. The summed E-state index contributed by atoms with van der Waals surface area (Å²) >= 11 is 0. The van der Waals surface area contributed by atoms with Gasteiger partial charge in [0.2, 0.25) is 11.8 Å². The van der Waals surface area contributed by atoms with Crippen molar-refractivity contribution in [3.63, 3.8) is 0 Å². The van der Waals surface area contributed by atoms with E-state index in [4.69, 9.17) is 9.47 Å². The van der Waals surface area contributed by atoms with Gasteiger partial charge in [-0.25, -0.2) is 0 Å². The highest BCUT2D eigenvalue weighted by Crippen LogP contribution is 2.42. The van der Waals surface area contributed by atoms with Crippen LogP contribution in [0.3, 0.4) is 0 Å². The first-order valence-electron chi connectivity index (χ1n) is 14.4. The van der Waals surface area contributed by atoms with E-state index in [1.54, 1.807) is 0 Å². The molecular weight excluding hydrogens is 510 g/mol. The topological polar surface area (TPSA) is 120 Å². The van der Waals surface area contributed by atoms with E-state index in [0.717, 1.165) is 54.6 Å². The maximum absolute atomic E-state index is 12.4. The second kappa shape index (κ2) is 14.7. The molecule has 0 saturated carbocycles. The molecule has 2 saturated heterocycles. The normalized spacial score (nSPS) is 25.1. The van der Waals surface area contributed by atoms with Crippen LogP contribution in [0.25, 0.3) is 0 Å². The van der Waals surface area contributed by atoms with Crippen molar-refractivity contribution in [3.8, 4) is 0 Å². The Kier molecular flexibility index (Phi) is 11.1. The summed E-state index contributed by atoms with van der Waals surface area (Å²) in [6.45, 7) is 6.47. The minimum atomic E-state index is -0.579. The molecule has 2 fully saturated rings. The highest BCUT2D eigenvalue weighted by atomic mass is 16.7. The van der Waals surface area contributed by atoms with E-state index in [0.29, 0.717) is 26.1 Å². The monoisotopic (exact) mass is 553 g/mol. The lowest BCUT2D eigenvalue weighted by molar-refractivity contribution is -0.276. The van der Waals surface area contributed by atoms with Crippen LogP contribution in [0.5, 0.6) is 0 Å². The zero-order chi connectivity index (χ0) is 28.5. The third-order valence-corrected chi connectivity index (χ3v) is 7.73. The number of likely N-dealkylation sites (tertiary alicyclic amines) is 1. The van der Waals surface area contributed by atoms with E-state index in [1.807, 2.05) is 48.5 Å². The fourth-order valence-corrected chi connectivity index (χ4v) is 5.36. The van der Waals surface area contributed by atoms with Crippen molar-refractivity contribution in [2.24, 2.45) is 5.92 Å². The Bertz CT molecular complexity index is 1090. The number of benzene rings is 2. The summed E-state index contributed by atoms with van der Waals surface area (Å²) in [5.41, 5.74) is 3.47. The van der Waals surface area contributed by atoms with E-state index in [9.17, 15) is 19.8 Å². The molecule has 2 aliphatic heterocycles. The summed E-state index contributed by atoms with van der Waals surface area (Å²) in [5.74, 6) is 0.00481. The number of hydrogen-bond acceptors (Lipinski definition) is 7. The molecule has 2 heterocycles. The number of rotatable bonds is 12. The van der Waals surface area contributed by atoms with Gasteiger partial charge in [-0.05, 0) is 42.5 Å². The van der Waals surface area contributed by atoms with Gasteiger partial charge in [-0.3, -0.25) is 14.5 Å². The largest absolute Gasteiger partial charge is 0.392 e. The van der Waals surface area contributed by atoms with Crippen LogP contribution in [0.15, 0.2) is 48.5 Å². The minimum Gasteiger partial charge on any atom is -0.392 e. The Hall–Kier alpha value is -2.82. The number of β-amino-alcohol motifs (C(OH)–C–C–N with tert-alkyl or cyclic N) is 1. The Labute approximate surface area is 236 Å². The van der Waals surface area contributed by atoms with Crippen molar-refractivity contribution in [2.45, 2.75) is 77.2 Å². The summed E-state index contributed by atoms with van der Waals surface area (Å²) in [5, 5.41) is 25.2. The molecule has 2 aromatic carbocycles. The maximum Gasteiger partial charge on any atom is 0.224 e. The molecule has 2 aliphatic rings. The molecule has 2 amide bonds. The molecule has 0 bridgehead atoms. The van der Waals surface area contributed by atoms with Crippen LogP contribution in [0.1, 0.15) is 75.0 Å². The van der Waals surface area contributed by atoms with Crippen molar-refractivity contribution in [1.29, 1.82) is 0 Å². The zero-order valence-electron chi connectivity index (χ0n) is 23.6. The molecule has 218 valence electrons. The number of ether oxygens (including phenoxy) is 2. The molecule has 0 aliphatic carbocycles. The number of amides is 2. The lowest BCUT2D eigenvalue weighted by atomic mass is 9.90. The van der Waals surface area contributed by atoms with Gasteiger partial charge in [0, 0.05) is 56.7 Å². The summed E-state index contributed by atoms with van der Waals surface area (Å²) in [4.78, 5) is 25.6. The van der Waals surface area contributed by atoms with Crippen molar-refractivity contribution in [3.05, 3.63) is 65.2 Å². The molecule has 9 heteroatoms. The molecule has 9 nitrogen and oxygen atoms in total. The Morgan fingerprint density at radius 2 is 1.73 bits per heavy atom. The van der Waals surface area contributed by atoms with Crippen LogP contribution in [-0.4, -0.2) is 65.3 Å². The van der Waals surface area contributed by atoms with E-state index in [2.05, 4.69) is 22.5 Å². The average Bonchev–Trinajstić information content (AvgIpc) is 3.36. The number of carbonyl (C=O) groups excluding carboxylic acids is 2. The first-order valence-corrected chi connectivity index (χ1v) is 14.4. The number of nitrogens with zero attached hydrogens (tertiary/aromatic N) is 1. The van der Waals surface area contributed by atoms with Gasteiger partial charge >= 0.3 is 0 Å². The van der Waals surface area contributed by atoms with Crippen LogP contribution in [0.2, 0.25) is 0 Å². The molecule has 0 aromatic heterocycles. The number of carbonyl (C=O) groups is 2. The van der Waals surface area contributed by atoms with Crippen LogP contribution < -0.4 is 10.6 Å². The summed E-state index contributed by atoms with van der Waals surface area (Å²) in [6.07, 6.45) is 2.53. The van der Waals surface area contributed by atoms with E-state index < -0.39 is 6.29 Å². The first-order chi connectivity index (χ1) is 19.3. The maximum atomic E-state index is 12.4. The molecule has 4 rings (SSSR count). The van der Waals surface area contributed by atoms with Crippen molar-refractivity contribution in [1.82, 2.24) is 10.2 Å². The van der Waals surface area contributed by atoms with Gasteiger partial charge in [-0.15, -0.1) is 0 Å². The lowest BCUT2D eigenvalue weighted by Gasteiger charge is -2.42. The molecular formula is C31H43N3O6. The molecule has 5 unspecified atom stereocenters. The number of nitrogens with one attached hydrogen (secondary N) is 2. The number of anilines is 1. The van der Waals surface area contributed by atoms with E-state index >= 15 is 0 Å². The highest BCUT2D eigenvalue weighted by Gasteiger charge is 2.39. The molecule has 2 aromatic rings. The minimum absolute atomic E-state index is 0.00546. The van der Waals surface area contributed by atoms with Gasteiger partial charge in [-0.1, -0.05) is 49.7 Å². The molecule has 40 heavy (non-hydrogen) atoms. The third-order valence-electron chi connectivity index (χ3n) is 7.73. The van der Waals surface area contributed by atoms with Crippen molar-refractivity contribution in [2.75, 3.05) is 31.5 Å². The van der Waals surface area contributed by atoms with Gasteiger partial charge in [0.05, 0.1) is 24.9 Å². The lowest BCUT2D eigenvalue weighted by Crippen LogP contribution is -2.44. The second-order valence-electron chi connectivity index (χ2n) is 11.0. The predicted octanol–water partition coefficient (Wildman–Crippen LogP) is 3.67. The van der Waals surface area contributed by atoms with Gasteiger partial charge in [0.1, 0.15) is 0 Å². The smallest absolute Gasteiger partial charge is 0.224 e. The number of hydrogen-bond donors (Lipinski definition) is 4. The van der Waals surface area contributed by atoms with E-state index in [1.165, 1.54) is 6.92 Å². The van der Waals surface area contributed by atoms with Crippen LogP contribution in [-0.2, 0) is 25.7 Å². The van der Waals surface area contributed by atoms with Crippen LogP contribution in [0.4, 0.5) is 5.69 Å². The highest BCUT2D eigenvalue weighted by molar-refractivity contribution is 5.90. The summed E-state index contributed by atoms with van der Waals surface area (Å²) in [6, 6.07) is 15.4. The van der Waals surface area contributed by atoms with Crippen LogP contribution in [0, 0.1) is 5.92 Å². The number of aliphatic hydroxyl groups is 2. The summed E-state index contributed by atoms with van der Waals surface area (Å²) < 4.78 is 13.0. The van der Waals surface area contributed by atoms with Gasteiger partial charge in [0.15, 0.2) is 6.29 Å². The quantitative estimate of drug-likeness (QED) is 0.296. The first kappa shape index (κ1) is 30.1. The SMILES string of the molecule is CC(=O)NCCCCCC(=O)Nc1ccc(C2OC(CN3CCC(O)C3)C(C)C(c3ccc(CO)cc3)O2)cc1. The van der Waals surface area contributed by atoms with Gasteiger partial charge < -0.3 is 30.3 Å². The molecule has 5 atom stereocenters. The van der Waals surface area contributed by atoms with Crippen molar-refractivity contribution < 1.29 is 29.3 Å². The molecule has 0 spiro atoms. The van der Waals surface area contributed by atoms with Gasteiger partial charge in [-0.2, -0.15) is 0 Å². The van der Waals surface area contributed by atoms with Crippen molar-refractivity contribution >= 4 is 17.5 Å². The second-order valence-corrected chi connectivity index (χ2v) is 11.0. The summed E-state index contributed by atoms with van der Waals surface area (Å²) in [7, 11) is 0. The Morgan fingerprint density at radius 3 is 2.38 bits per heavy atom. The Balaban J connectivity index is 1.38. The molecule has 4 N–H and O–H groups in total. The predicted molar refractivity (Wildman–Crippen MR) is 152 cm³/mol. The fraction of sp³-hybridized carbons (Fsp3) is 0.548. The standard InChI is InChI=1S/C31H43N3O6/c1-21-28(19-34-17-15-27(37)18-34)39-31(40-30(21)24-9-7-23(20-35)8-10-24)25-11-13-26(14-12-25)33-29(38)6-4-3-5-16-32-22(2)36/h7-14,21,27-28,30-31,35,37H,3-6,15-20H2,1-2H3,(H,32,36)(H,33,38).